The Morgan fingerprint density at radius 2 is 2.19 bits per heavy atom. The fourth-order valence-electron chi connectivity index (χ4n) is 1.74. The lowest BCUT2D eigenvalue weighted by molar-refractivity contribution is -0.142. The van der Waals surface area contributed by atoms with Crippen molar-refractivity contribution in [2.75, 3.05) is 19.6 Å². The number of nitrogens with zero attached hydrogens (tertiary/aromatic N) is 1. The van der Waals surface area contributed by atoms with Crippen LogP contribution in [0.25, 0.3) is 0 Å². The number of amides is 2. The summed E-state index contributed by atoms with van der Waals surface area (Å²) >= 11 is 5.51. The Morgan fingerprint density at radius 1 is 1.56 bits per heavy atom. The van der Waals surface area contributed by atoms with Gasteiger partial charge in [0, 0.05) is 18.1 Å². The van der Waals surface area contributed by atoms with Gasteiger partial charge in [-0.1, -0.05) is 25.1 Å². The predicted octanol–water partition coefficient (Wildman–Crippen LogP) is 1.10. The standard InChI is InChI=1S/C10H15ClN2O3/c1-6-4-13(5-8(6)9(14)15)10(16)12-3-7(2)11/h6,8H,2-5H2,1H3,(H,12,16)(H,14,15)/t6-,8-/m1/s1. The van der Waals surface area contributed by atoms with Gasteiger partial charge in [0.1, 0.15) is 0 Å². The van der Waals surface area contributed by atoms with Crippen molar-refractivity contribution in [2.24, 2.45) is 11.8 Å². The fourth-order valence-corrected chi connectivity index (χ4v) is 1.80. The third-order valence-corrected chi connectivity index (χ3v) is 2.78. The summed E-state index contributed by atoms with van der Waals surface area (Å²) in [6.07, 6.45) is 0. The Hall–Kier alpha value is -1.23. The van der Waals surface area contributed by atoms with E-state index in [1.54, 1.807) is 0 Å². The van der Waals surface area contributed by atoms with Gasteiger partial charge in [0.05, 0.1) is 12.5 Å². The van der Waals surface area contributed by atoms with E-state index in [2.05, 4.69) is 11.9 Å². The average Bonchev–Trinajstić information content (AvgIpc) is 2.56. The highest BCUT2D eigenvalue weighted by molar-refractivity contribution is 6.29. The molecule has 0 saturated carbocycles. The first-order valence-corrected chi connectivity index (χ1v) is 5.38. The molecular weight excluding hydrogens is 232 g/mol. The number of carboxylic acids is 1. The number of urea groups is 1. The van der Waals surface area contributed by atoms with Crippen LogP contribution in [0.1, 0.15) is 6.92 Å². The first kappa shape index (κ1) is 12.8. The molecular formula is C10H15ClN2O3. The maximum absolute atomic E-state index is 11.6. The lowest BCUT2D eigenvalue weighted by Gasteiger charge is -2.16. The predicted molar refractivity (Wildman–Crippen MR) is 60.3 cm³/mol. The van der Waals surface area contributed by atoms with Crippen LogP contribution in [0, 0.1) is 11.8 Å². The van der Waals surface area contributed by atoms with Gasteiger partial charge < -0.3 is 15.3 Å². The summed E-state index contributed by atoms with van der Waals surface area (Å²) in [4.78, 5) is 23.9. The van der Waals surface area contributed by atoms with Crippen molar-refractivity contribution in [2.45, 2.75) is 6.92 Å². The third kappa shape index (κ3) is 3.13. The summed E-state index contributed by atoms with van der Waals surface area (Å²) in [5.41, 5.74) is 0. The van der Waals surface area contributed by atoms with E-state index in [1.165, 1.54) is 4.90 Å². The first-order valence-electron chi connectivity index (χ1n) is 5.00. The van der Waals surface area contributed by atoms with Crippen LogP contribution in [0.4, 0.5) is 4.79 Å². The van der Waals surface area contributed by atoms with Gasteiger partial charge in [-0.15, -0.1) is 0 Å². The number of hydrogen-bond acceptors (Lipinski definition) is 2. The van der Waals surface area contributed by atoms with Gasteiger partial charge in [-0.25, -0.2) is 4.79 Å². The van der Waals surface area contributed by atoms with Crippen LogP contribution in [0.15, 0.2) is 11.6 Å². The van der Waals surface area contributed by atoms with E-state index in [9.17, 15) is 9.59 Å². The first-order chi connectivity index (χ1) is 7.41. The molecule has 0 bridgehead atoms. The maximum Gasteiger partial charge on any atom is 0.317 e. The van der Waals surface area contributed by atoms with Crippen LogP contribution in [0.5, 0.6) is 0 Å². The van der Waals surface area contributed by atoms with Gasteiger partial charge in [-0.05, 0) is 5.92 Å². The molecule has 6 heteroatoms. The van der Waals surface area contributed by atoms with Crippen LogP contribution >= 0.6 is 11.6 Å². The molecule has 0 aromatic rings. The summed E-state index contributed by atoms with van der Waals surface area (Å²) in [6.45, 7) is 6.18. The molecule has 0 spiro atoms. The summed E-state index contributed by atoms with van der Waals surface area (Å²) in [6, 6.07) is -0.294. The molecule has 16 heavy (non-hydrogen) atoms. The Morgan fingerprint density at radius 3 is 2.62 bits per heavy atom. The number of aliphatic carboxylic acids is 1. The molecule has 2 atom stereocenters. The molecule has 0 unspecified atom stereocenters. The zero-order valence-corrected chi connectivity index (χ0v) is 9.83. The smallest absolute Gasteiger partial charge is 0.317 e. The Labute approximate surface area is 99.1 Å². The maximum atomic E-state index is 11.6. The van der Waals surface area contributed by atoms with Crippen LogP contribution in [0.2, 0.25) is 0 Å². The number of carbonyl (C=O) groups is 2. The van der Waals surface area contributed by atoms with Crippen LogP contribution in [-0.2, 0) is 4.79 Å². The van der Waals surface area contributed by atoms with Gasteiger partial charge in [0.25, 0.3) is 0 Å². The van der Waals surface area contributed by atoms with E-state index in [0.29, 0.717) is 11.6 Å². The topological polar surface area (TPSA) is 69.6 Å². The number of carboxylic acid groups (broad SMARTS) is 1. The highest BCUT2D eigenvalue weighted by Gasteiger charge is 2.36. The molecule has 90 valence electrons. The van der Waals surface area contributed by atoms with E-state index in [0.717, 1.165) is 0 Å². The Balaban J connectivity index is 2.48. The lowest BCUT2D eigenvalue weighted by atomic mass is 9.99. The lowest BCUT2D eigenvalue weighted by Crippen LogP contribution is -2.39. The molecule has 1 rings (SSSR count). The highest BCUT2D eigenvalue weighted by Crippen LogP contribution is 2.22. The van der Waals surface area contributed by atoms with Crippen LogP contribution in [0.3, 0.4) is 0 Å². The average molecular weight is 247 g/mol. The van der Waals surface area contributed by atoms with Crippen molar-refractivity contribution in [3.05, 3.63) is 11.6 Å². The summed E-state index contributed by atoms with van der Waals surface area (Å²) in [5, 5.41) is 11.8. The van der Waals surface area contributed by atoms with E-state index in [-0.39, 0.29) is 25.0 Å². The molecule has 1 fully saturated rings. The van der Waals surface area contributed by atoms with E-state index < -0.39 is 11.9 Å². The van der Waals surface area contributed by atoms with Crippen LogP contribution in [-0.4, -0.2) is 41.6 Å². The van der Waals surface area contributed by atoms with E-state index in [1.807, 2.05) is 6.92 Å². The van der Waals surface area contributed by atoms with Crippen molar-refractivity contribution < 1.29 is 14.7 Å². The monoisotopic (exact) mass is 246 g/mol. The minimum absolute atomic E-state index is 0.0255. The molecule has 5 nitrogen and oxygen atoms in total. The second kappa shape index (κ2) is 5.21. The highest BCUT2D eigenvalue weighted by atomic mass is 35.5. The van der Waals surface area contributed by atoms with Gasteiger partial charge in [0.2, 0.25) is 0 Å². The molecule has 1 aliphatic rings. The van der Waals surface area contributed by atoms with Crippen molar-refractivity contribution >= 4 is 23.6 Å². The normalized spacial score (nSPS) is 24.2. The van der Waals surface area contributed by atoms with Gasteiger partial charge in [0.15, 0.2) is 0 Å². The summed E-state index contributed by atoms with van der Waals surface area (Å²) in [7, 11) is 0. The summed E-state index contributed by atoms with van der Waals surface area (Å²) < 4.78 is 0. The van der Waals surface area contributed by atoms with Crippen LogP contribution < -0.4 is 5.32 Å². The van der Waals surface area contributed by atoms with E-state index in [4.69, 9.17) is 16.7 Å². The molecule has 0 aromatic carbocycles. The molecule has 2 N–H and O–H groups in total. The zero-order valence-electron chi connectivity index (χ0n) is 9.07. The third-order valence-electron chi connectivity index (χ3n) is 2.65. The SMILES string of the molecule is C=C(Cl)CNC(=O)N1C[C@@H](C)[C@H](C(=O)O)C1. The number of carbonyl (C=O) groups excluding carboxylic acids is 1. The number of nitrogens with one attached hydrogen (secondary N) is 1. The van der Waals surface area contributed by atoms with Crippen molar-refractivity contribution in [3.8, 4) is 0 Å². The minimum Gasteiger partial charge on any atom is -0.481 e. The largest absolute Gasteiger partial charge is 0.481 e. The molecule has 1 heterocycles. The number of halogens is 1. The minimum atomic E-state index is -0.857. The van der Waals surface area contributed by atoms with Crippen molar-refractivity contribution in [1.29, 1.82) is 0 Å². The van der Waals surface area contributed by atoms with E-state index >= 15 is 0 Å². The molecule has 1 aliphatic heterocycles. The quantitative estimate of drug-likeness (QED) is 0.784. The second-order valence-electron chi connectivity index (χ2n) is 4.00. The van der Waals surface area contributed by atoms with Gasteiger partial charge >= 0.3 is 12.0 Å². The molecule has 1 saturated heterocycles. The zero-order chi connectivity index (χ0) is 12.3. The van der Waals surface area contributed by atoms with Crippen molar-refractivity contribution in [3.63, 3.8) is 0 Å². The second-order valence-corrected chi connectivity index (χ2v) is 4.54. The van der Waals surface area contributed by atoms with Gasteiger partial charge in [-0.3, -0.25) is 4.79 Å². The molecule has 0 radical (unpaired) electrons. The molecule has 2 amide bonds. The summed E-state index contributed by atoms with van der Waals surface area (Å²) in [5.74, 6) is -1.36. The molecule has 0 aromatic heterocycles. The van der Waals surface area contributed by atoms with Crippen molar-refractivity contribution in [1.82, 2.24) is 10.2 Å². The Bertz CT molecular complexity index is 319. The Kier molecular flexibility index (Phi) is 4.18. The number of hydrogen-bond donors (Lipinski definition) is 2. The molecule has 0 aliphatic carbocycles. The number of rotatable bonds is 3. The number of likely N-dealkylation sites (tertiary alicyclic amines) is 1. The van der Waals surface area contributed by atoms with Gasteiger partial charge in [-0.2, -0.15) is 0 Å². The fraction of sp³-hybridized carbons (Fsp3) is 0.600.